The number of amides is 1. The first-order chi connectivity index (χ1) is 13.0. The zero-order valence-corrected chi connectivity index (χ0v) is 14.1. The summed E-state index contributed by atoms with van der Waals surface area (Å²) in [5, 5.41) is 13.4. The minimum absolute atomic E-state index is 0.0203. The molecule has 1 N–H and O–H groups in total. The van der Waals surface area contributed by atoms with Crippen LogP contribution in [0.25, 0.3) is 0 Å². The van der Waals surface area contributed by atoms with Gasteiger partial charge >= 0.3 is 0 Å². The third-order valence-corrected chi connectivity index (χ3v) is 3.68. The molecule has 0 bridgehead atoms. The molecule has 0 aliphatic carbocycles. The van der Waals surface area contributed by atoms with E-state index in [4.69, 9.17) is 4.74 Å². The van der Waals surface area contributed by atoms with Gasteiger partial charge in [0.2, 0.25) is 5.91 Å². The topological polar surface area (TPSA) is 81.5 Å². The van der Waals surface area contributed by atoms with Gasteiger partial charge in [-0.05, 0) is 42.0 Å². The van der Waals surface area contributed by atoms with E-state index in [1.165, 1.54) is 24.3 Å². The molecule has 3 rings (SSSR count). The van der Waals surface area contributed by atoms with Crippen LogP contribution in [0.3, 0.4) is 0 Å². The van der Waals surface area contributed by atoms with Crippen LogP contribution in [0, 0.1) is 15.9 Å². The summed E-state index contributed by atoms with van der Waals surface area (Å²) in [6, 6.07) is 18.3. The van der Waals surface area contributed by atoms with Crippen molar-refractivity contribution in [3.8, 4) is 11.5 Å². The summed E-state index contributed by atoms with van der Waals surface area (Å²) in [5.41, 5.74) is 1.23. The first-order valence-electron chi connectivity index (χ1n) is 8.06. The zero-order valence-electron chi connectivity index (χ0n) is 14.1. The van der Waals surface area contributed by atoms with Crippen molar-refractivity contribution >= 4 is 17.3 Å². The van der Waals surface area contributed by atoms with Crippen molar-refractivity contribution < 1.29 is 18.8 Å². The van der Waals surface area contributed by atoms with Crippen molar-refractivity contribution in [3.05, 3.63) is 94.3 Å². The largest absolute Gasteiger partial charge is 0.457 e. The Balaban J connectivity index is 1.57. The summed E-state index contributed by atoms with van der Waals surface area (Å²) in [7, 11) is 0. The number of benzene rings is 3. The van der Waals surface area contributed by atoms with E-state index in [2.05, 4.69) is 5.32 Å². The van der Waals surface area contributed by atoms with E-state index in [1.807, 2.05) is 0 Å². The predicted octanol–water partition coefficient (Wildman–Crippen LogP) is 4.71. The number of halogens is 1. The molecule has 0 saturated carbocycles. The third kappa shape index (κ3) is 5.12. The maximum Gasteiger partial charge on any atom is 0.269 e. The molecule has 27 heavy (non-hydrogen) atoms. The first-order valence-corrected chi connectivity index (χ1v) is 8.06. The lowest BCUT2D eigenvalue weighted by atomic mass is 10.1. The van der Waals surface area contributed by atoms with Crippen LogP contribution in [0.2, 0.25) is 0 Å². The fourth-order valence-corrected chi connectivity index (χ4v) is 2.40. The lowest BCUT2D eigenvalue weighted by Gasteiger charge is -2.08. The van der Waals surface area contributed by atoms with Gasteiger partial charge in [-0.15, -0.1) is 0 Å². The Hall–Kier alpha value is -3.74. The van der Waals surface area contributed by atoms with Gasteiger partial charge in [0, 0.05) is 23.9 Å². The molecule has 136 valence electrons. The number of non-ortho nitro benzene ring substituents is 1. The van der Waals surface area contributed by atoms with Crippen molar-refractivity contribution in [2.24, 2.45) is 0 Å². The number of nitrogens with one attached hydrogen (secondary N) is 1. The molecule has 1 amide bonds. The van der Waals surface area contributed by atoms with E-state index < -0.39 is 4.92 Å². The number of nitrogens with zero attached hydrogens (tertiary/aromatic N) is 1. The van der Waals surface area contributed by atoms with Gasteiger partial charge in [0.1, 0.15) is 17.3 Å². The maximum absolute atomic E-state index is 13.2. The van der Waals surface area contributed by atoms with E-state index >= 15 is 0 Å². The summed E-state index contributed by atoms with van der Waals surface area (Å²) in [5.74, 6) is 0.254. The molecule has 7 heteroatoms. The van der Waals surface area contributed by atoms with Crippen LogP contribution >= 0.6 is 0 Å². The number of hydrogen-bond donors (Lipinski definition) is 1. The Bertz CT molecular complexity index is 956. The standard InChI is InChI=1S/C20H15FN2O4/c21-15-2-1-3-19(13-15)27-18-10-6-16(7-11-18)22-20(24)12-14-4-8-17(9-5-14)23(25)26/h1-11,13H,12H2,(H,22,24). The molecule has 6 nitrogen and oxygen atoms in total. The molecular weight excluding hydrogens is 351 g/mol. The minimum Gasteiger partial charge on any atom is -0.457 e. The van der Waals surface area contributed by atoms with Gasteiger partial charge in [0.15, 0.2) is 0 Å². The van der Waals surface area contributed by atoms with Crippen molar-refractivity contribution in [1.29, 1.82) is 0 Å². The van der Waals surface area contributed by atoms with Crippen molar-refractivity contribution in [2.45, 2.75) is 6.42 Å². The SMILES string of the molecule is O=C(Cc1ccc([N+](=O)[O-])cc1)Nc1ccc(Oc2cccc(F)c2)cc1. The number of carbonyl (C=O) groups excluding carboxylic acids is 1. The van der Waals surface area contributed by atoms with Gasteiger partial charge in [-0.1, -0.05) is 18.2 Å². The van der Waals surface area contributed by atoms with Gasteiger partial charge in [-0.3, -0.25) is 14.9 Å². The second kappa shape index (κ2) is 8.09. The fraction of sp³-hybridized carbons (Fsp3) is 0.0500. The van der Waals surface area contributed by atoms with Crippen LogP contribution < -0.4 is 10.1 Å². The molecule has 0 unspecified atom stereocenters. The molecule has 0 radical (unpaired) electrons. The van der Waals surface area contributed by atoms with Gasteiger partial charge in [-0.25, -0.2) is 4.39 Å². The molecule has 0 aliphatic heterocycles. The van der Waals surface area contributed by atoms with E-state index in [1.54, 1.807) is 48.5 Å². The third-order valence-electron chi connectivity index (χ3n) is 3.68. The predicted molar refractivity (Wildman–Crippen MR) is 98.3 cm³/mol. The number of nitro benzene ring substituents is 1. The summed E-state index contributed by atoms with van der Waals surface area (Å²) in [6.07, 6.45) is 0.0968. The highest BCUT2D eigenvalue weighted by Gasteiger charge is 2.08. The van der Waals surface area contributed by atoms with E-state index in [0.717, 1.165) is 0 Å². The minimum atomic E-state index is -0.489. The molecular formula is C20H15FN2O4. The van der Waals surface area contributed by atoms with Crippen LogP contribution in [0.4, 0.5) is 15.8 Å². The van der Waals surface area contributed by atoms with E-state index in [-0.39, 0.29) is 23.8 Å². The highest BCUT2D eigenvalue weighted by Crippen LogP contribution is 2.23. The lowest BCUT2D eigenvalue weighted by molar-refractivity contribution is -0.384. The number of ether oxygens (including phenoxy) is 1. The quantitative estimate of drug-likeness (QED) is 0.506. The first kappa shape index (κ1) is 18.1. The van der Waals surface area contributed by atoms with Gasteiger partial charge in [-0.2, -0.15) is 0 Å². The second-order valence-electron chi connectivity index (χ2n) is 5.73. The Morgan fingerprint density at radius 3 is 2.33 bits per heavy atom. The molecule has 0 fully saturated rings. The summed E-state index contributed by atoms with van der Waals surface area (Å²) < 4.78 is 18.7. The van der Waals surface area contributed by atoms with Gasteiger partial charge < -0.3 is 10.1 Å². The highest BCUT2D eigenvalue weighted by molar-refractivity contribution is 5.92. The fourth-order valence-electron chi connectivity index (χ4n) is 2.40. The van der Waals surface area contributed by atoms with Crippen molar-refractivity contribution in [3.63, 3.8) is 0 Å². The van der Waals surface area contributed by atoms with Crippen molar-refractivity contribution in [2.75, 3.05) is 5.32 Å². The van der Waals surface area contributed by atoms with Crippen LogP contribution in [-0.4, -0.2) is 10.8 Å². The average Bonchev–Trinajstić information content (AvgIpc) is 2.64. The summed E-state index contributed by atoms with van der Waals surface area (Å²) >= 11 is 0. The van der Waals surface area contributed by atoms with Crippen LogP contribution in [0.1, 0.15) is 5.56 Å². The normalized spacial score (nSPS) is 10.3. The summed E-state index contributed by atoms with van der Waals surface area (Å²) in [4.78, 5) is 22.2. The molecule has 0 aliphatic rings. The lowest BCUT2D eigenvalue weighted by Crippen LogP contribution is -2.14. The molecule has 0 aromatic heterocycles. The Labute approximate surface area is 154 Å². The Morgan fingerprint density at radius 2 is 1.70 bits per heavy atom. The smallest absolute Gasteiger partial charge is 0.269 e. The van der Waals surface area contributed by atoms with E-state index in [0.29, 0.717) is 22.7 Å². The highest BCUT2D eigenvalue weighted by atomic mass is 19.1. The van der Waals surface area contributed by atoms with E-state index in [9.17, 15) is 19.3 Å². The molecule has 3 aromatic carbocycles. The Kier molecular flexibility index (Phi) is 5.41. The molecule has 0 heterocycles. The summed E-state index contributed by atoms with van der Waals surface area (Å²) in [6.45, 7) is 0. The Morgan fingerprint density at radius 1 is 1.00 bits per heavy atom. The monoisotopic (exact) mass is 366 g/mol. The number of carbonyl (C=O) groups is 1. The van der Waals surface area contributed by atoms with Gasteiger partial charge in [0.05, 0.1) is 11.3 Å². The maximum atomic E-state index is 13.2. The molecule has 0 spiro atoms. The number of hydrogen-bond acceptors (Lipinski definition) is 4. The number of anilines is 1. The van der Waals surface area contributed by atoms with Crippen molar-refractivity contribution in [1.82, 2.24) is 0 Å². The molecule has 3 aromatic rings. The number of nitro groups is 1. The van der Waals surface area contributed by atoms with Crippen LogP contribution in [0.15, 0.2) is 72.8 Å². The average molecular weight is 366 g/mol. The number of rotatable bonds is 6. The zero-order chi connectivity index (χ0) is 19.2. The molecule has 0 saturated heterocycles. The molecule has 0 atom stereocenters. The van der Waals surface area contributed by atoms with Crippen LogP contribution in [0.5, 0.6) is 11.5 Å². The van der Waals surface area contributed by atoms with Crippen LogP contribution in [-0.2, 0) is 11.2 Å². The second-order valence-corrected chi connectivity index (χ2v) is 5.73. The van der Waals surface area contributed by atoms with Gasteiger partial charge in [0.25, 0.3) is 5.69 Å².